The second-order valence-electron chi connectivity index (χ2n) is 9.48. The minimum absolute atomic E-state index is 0.127. The zero-order valence-corrected chi connectivity index (χ0v) is 16.5. The molecule has 3 saturated carbocycles. The van der Waals surface area contributed by atoms with Crippen LogP contribution in [-0.4, -0.2) is 35.7 Å². The van der Waals surface area contributed by atoms with Gasteiger partial charge in [0.15, 0.2) is 0 Å². The summed E-state index contributed by atoms with van der Waals surface area (Å²) in [7, 11) is -0.431. The summed E-state index contributed by atoms with van der Waals surface area (Å²) < 4.78 is 17.8. The molecule has 5 atom stereocenters. The van der Waals surface area contributed by atoms with Crippen LogP contribution in [0, 0.1) is 17.3 Å². The van der Waals surface area contributed by atoms with E-state index in [1.807, 2.05) is 20.8 Å². The lowest BCUT2D eigenvalue weighted by atomic mass is 9.43. The molecule has 0 spiro atoms. The molecule has 2 bridgehead atoms. The first-order valence-corrected chi connectivity index (χ1v) is 9.56. The summed E-state index contributed by atoms with van der Waals surface area (Å²) in [5.74, 6) is 1.02. The van der Waals surface area contributed by atoms with Gasteiger partial charge in [0.2, 0.25) is 0 Å². The van der Waals surface area contributed by atoms with E-state index in [1.54, 1.807) is 0 Å². The van der Waals surface area contributed by atoms with Crippen LogP contribution in [0.15, 0.2) is 0 Å². The molecule has 0 N–H and O–H groups in total. The van der Waals surface area contributed by atoms with Crippen molar-refractivity contribution in [1.82, 2.24) is 0 Å². The van der Waals surface area contributed by atoms with Crippen LogP contribution in [0.3, 0.4) is 0 Å². The van der Waals surface area contributed by atoms with Gasteiger partial charge in [0.1, 0.15) is 5.60 Å². The fourth-order valence-electron chi connectivity index (χ4n) is 4.84. The molecule has 0 aromatic carbocycles. The molecule has 0 aromatic heterocycles. The predicted octanol–water partition coefficient (Wildman–Crippen LogP) is 3.98. The molecule has 3 aliphatic carbocycles. The maximum Gasteiger partial charge on any atom is 0.476 e. The smallest absolute Gasteiger partial charge is 0.460 e. The normalized spacial score (nSPS) is 38.3. The highest BCUT2D eigenvalue weighted by molar-refractivity contribution is 6.59. The predicted molar refractivity (Wildman–Crippen MR) is 94.8 cm³/mol. The summed E-state index contributed by atoms with van der Waals surface area (Å²) in [5, 5.41) is -0.333. The van der Waals surface area contributed by atoms with E-state index < -0.39 is 12.7 Å². The number of rotatable bonds is 4. The summed E-state index contributed by atoms with van der Waals surface area (Å²) in [6.45, 7) is 12.5. The number of alkyl halides is 1. The van der Waals surface area contributed by atoms with E-state index in [1.165, 1.54) is 6.42 Å². The molecule has 136 valence electrons. The molecule has 0 unspecified atom stereocenters. The Bertz CT molecular complexity index is 518. The van der Waals surface area contributed by atoms with Crippen LogP contribution in [0.1, 0.15) is 67.2 Å². The van der Waals surface area contributed by atoms with Gasteiger partial charge >= 0.3 is 13.1 Å². The van der Waals surface area contributed by atoms with Gasteiger partial charge in [-0.15, -0.1) is 11.6 Å². The summed E-state index contributed by atoms with van der Waals surface area (Å²) in [5.41, 5.74) is -0.391. The van der Waals surface area contributed by atoms with E-state index in [9.17, 15) is 4.79 Å². The average Bonchev–Trinajstić information content (AvgIpc) is 2.79. The van der Waals surface area contributed by atoms with Crippen molar-refractivity contribution in [3.8, 4) is 0 Å². The zero-order valence-electron chi connectivity index (χ0n) is 15.7. The molecule has 4 fully saturated rings. The van der Waals surface area contributed by atoms with E-state index in [-0.39, 0.29) is 29.4 Å². The first-order valence-electron chi connectivity index (χ1n) is 9.12. The third-order valence-corrected chi connectivity index (χ3v) is 6.73. The largest absolute Gasteiger partial charge is 0.476 e. The molecule has 0 radical (unpaired) electrons. The minimum atomic E-state index is -0.464. The highest BCUT2D eigenvalue weighted by Crippen LogP contribution is 2.65. The van der Waals surface area contributed by atoms with Gasteiger partial charge < -0.3 is 14.0 Å². The Labute approximate surface area is 151 Å². The Morgan fingerprint density at radius 2 is 2.00 bits per heavy atom. The van der Waals surface area contributed by atoms with Gasteiger partial charge in [0.25, 0.3) is 0 Å². The Balaban J connectivity index is 1.55. The van der Waals surface area contributed by atoms with Crippen molar-refractivity contribution in [2.24, 2.45) is 17.3 Å². The average molecular weight is 357 g/mol. The Morgan fingerprint density at radius 1 is 1.33 bits per heavy atom. The second kappa shape index (κ2) is 5.89. The highest BCUT2D eigenvalue weighted by atomic mass is 35.5. The third-order valence-electron chi connectivity index (χ3n) is 6.31. The lowest BCUT2D eigenvalue weighted by Crippen LogP contribution is -2.65. The molecule has 1 saturated heterocycles. The third kappa shape index (κ3) is 3.12. The summed E-state index contributed by atoms with van der Waals surface area (Å²) >= 11 is 6.50. The van der Waals surface area contributed by atoms with Gasteiger partial charge in [-0.2, -0.15) is 0 Å². The van der Waals surface area contributed by atoms with Crippen molar-refractivity contribution >= 4 is 24.7 Å². The summed E-state index contributed by atoms with van der Waals surface area (Å²) in [4.78, 5) is 11.9. The number of ether oxygens (including phenoxy) is 1. The topological polar surface area (TPSA) is 44.8 Å². The maximum absolute atomic E-state index is 11.9. The first-order chi connectivity index (χ1) is 10.9. The summed E-state index contributed by atoms with van der Waals surface area (Å²) in [6, 6.07) is 0. The fourth-order valence-corrected chi connectivity index (χ4v) is 5.06. The van der Waals surface area contributed by atoms with Crippen LogP contribution in [-0.2, 0) is 18.8 Å². The van der Waals surface area contributed by atoms with Crippen molar-refractivity contribution in [2.75, 3.05) is 0 Å². The van der Waals surface area contributed by atoms with Gasteiger partial charge in [-0.05, 0) is 64.2 Å². The van der Waals surface area contributed by atoms with Crippen molar-refractivity contribution in [3.63, 3.8) is 0 Å². The highest BCUT2D eigenvalue weighted by Gasteiger charge is 2.68. The Kier molecular flexibility index (Phi) is 4.55. The van der Waals surface area contributed by atoms with Gasteiger partial charge in [-0.25, -0.2) is 0 Å². The molecular formula is C18H30BClO4. The van der Waals surface area contributed by atoms with E-state index in [2.05, 4.69) is 20.8 Å². The molecule has 0 aromatic rings. The summed E-state index contributed by atoms with van der Waals surface area (Å²) in [6.07, 6.45) is 3.18. The van der Waals surface area contributed by atoms with Crippen molar-refractivity contribution in [2.45, 2.75) is 89.8 Å². The monoisotopic (exact) mass is 356 g/mol. The quantitative estimate of drug-likeness (QED) is 0.434. The molecule has 1 aliphatic heterocycles. The SMILES string of the molecule is CC(C)(C)OC(=O)CC[C@H](Cl)B1O[C@H]2C[C@H]3C[C@H](C3(C)C)[C@@]2(C)O1. The standard InChI is InChI=1S/C18H30BClO4/c1-16(2,3)22-15(21)8-7-14(20)19-23-13-10-11-9-12(17(11,4)5)18(13,6)24-19/h11-14H,7-10H2,1-6H3/t11-,12-,13+,14+,18-/m1/s1. The van der Waals surface area contributed by atoms with Gasteiger partial charge in [-0.3, -0.25) is 4.79 Å². The van der Waals surface area contributed by atoms with E-state index in [4.69, 9.17) is 25.6 Å². The molecular weight excluding hydrogens is 326 g/mol. The van der Waals surface area contributed by atoms with Crippen molar-refractivity contribution in [3.05, 3.63) is 0 Å². The number of hydrogen-bond donors (Lipinski definition) is 0. The maximum atomic E-state index is 11.9. The van der Waals surface area contributed by atoms with Gasteiger partial charge in [0, 0.05) is 6.42 Å². The lowest BCUT2D eigenvalue weighted by Gasteiger charge is -2.64. The van der Waals surface area contributed by atoms with Gasteiger partial charge in [-0.1, -0.05) is 13.8 Å². The Hall–Kier alpha value is -0.255. The number of halogens is 1. The molecule has 24 heavy (non-hydrogen) atoms. The fraction of sp³-hybridized carbons (Fsp3) is 0.944. The molecule has 4 nitrogen and oxygen atoms in total. The lowest BCUT2D eigenvalue weighted by molar-refractivity contribution is -0.199. The number of carbonyl (C=O) groups is 1. The van der Waals surface area contributed by atoms with E-state index >= 15 is 0 Å². The van der Waals surface area contributed by atoms with Crippen molar-refractivity contribution in [1.29, 1.82) is 0 Å². The van der Waals surface area contributed by atoms with Crippen LogP contribution in [0.25, 0.3) is 0 Å². The molecule has 4 rings (SSSR count). The number of hydrogen-bond acceptors (Lipinski definition) is 4. The minimum Gasteiger partial charge on any atom is -0.460 e. The van der Waals surface area contributed by atoms with Crippen molar-refractivity contribution < 1.29 is 18.8 Å². The number of esters is 1. The first kappa shape index (κ1) is 18.5. The van der Waals surface area contributed by atoms with E-state index in [0.717, 1.165) is 12.3 Å². The van der Waals surface area contributed by atoms with E-state index in [0.29, 0.717) is 17.8 Å². The Morgan fingerprint density at radius 3 is 2.58 bits per heavy atom. The van der Waals surface area contributed by atoms with Gasteiger partial charge in [0.05, 0.1) is 17.0 Å². The molecule has 4 aliphatic rings. The molecule has 6 heteroatoms. The van der Waals surface area contributed by atoms with Crippen LogP contribution in [0.5, 0.6) is 0 Å². The van der Waals surface area contributed by atoms with Crippen LogP contribution >= 0.6 is 11.6 Å². The van der Waals surface area contributed by atoms with Crippen LogP contribution < -0.4 is 0 Å². The number of carbonyl (C=O) groups excluding carboxylic acids is 1. The zero-order chi connectivity index (χ0) is 17.9. The van der Waals surface area contributed by atoms with Crippen LogP contribution in [0.2, 0.25) is 0 Å². The molecule has 0 amide bonds. The molecule has 1 heterocycles. The van der Waals surface area contributed by atoms with Crippen LogP contribution in [0.4, 0.5) is 0 Å². The second-order valence-corrected chi connectivity index (χ2v) is 10.0.